The Bertz CT molecular complexity index is 451. The molecule has 1 saturated carbocycles. The number of anilines is 1. The van der Waals surface area contributed by atoms with E-state index in [-0.39, 0.29) is 0 Å². The molecule has 0 aromatic carbocycles. The molecule has 2 fully saturated rings. The van der Waals surface area contributed by atoms with E-state index in [1.165, 1.54) is 54.4 Å². The molecule has 1 atom stereocenters. The smallest absolute Gasteiger partial charge is 0.186 e. The zero-order valence-electron chi connectivity index (χ0n) is 13.0. The third-order valence-electron chi connectivity index (χ3n) is 4.44. The highest BCUT2D eigenvalue weighted by atomic mass is 32.1. The largest absolute Gasteiger partial charge is 0.345 e. The van der Waals surface area contributed by atoms with Crippen LogP contribution in [0.25, 0.3) is 0 Å². The van der Waals surface area contributed by atoms with E-state index in [9.17, 15) is 0 Å². The SMILES string of the molecule is CC(C)c1nc(N2CCCCC2C)sc1CNC1CC1. The number of piperidine rings is 1. The molecule has 2 heterocycles. The fraction of sp³-hybridized carbons (Fsp3) is 0.812. The lowest BCUT2D eigenvalue weighted by atomic mass is 10.0. The second-order valence-corrected chi connectivity index (χ2v) is 7.72. The molecule has 1 aliphatic carbocycles. The van der Waals surface area contributed by atoms with Crippen molar-refractivity contribution in [3.8, 4) is 0 Å². The molecule has 1 aromatic rings. The van der Waals surface area contributed by atoms with Crippen LogP contribution >= 0.6 is 11.3 Å². The van der Waals surface area contributed by atoms with Crippen molar-refractivity contribution in [2.24, 2.45) is 0 Å². The third kappa shape index (κ3) is 3.17. The quantitative estimate of drug-likeness (QED) is 0.892. The molecule has 1 unspecified atom stereocenters. The van der Waals surface area contributed by atoms with Crippen molar-refractivity contribution in [1.29, 1.82) is 0 Å². The van der Waals surface area contributed by atoms with Crippen molar-refractivity contribution in [1.82, 2.24) is 10.3 Å². The summed E-state index contributed by atoms with van der Waals surface area (Å²) in [5.41, 5.74) is 1.32. The summed E-state index contributed by atoms with van der Waals surface area (Å²) >= 11 is 1.92. The lowest BCUT2D eigenvalue weighted by Crippen LogP contribution is -2.37. The summed E-state index contributed by atoms with van der Waals surface area (Å²) in [5, 5.41) is 4.91. The summed E-state index contributed by atoms with van der Waals surface area (Å²) in [6.45, 7) is 9.07. The number of hydrogen-bond acceptors (Lipinski definition) is 4. The number of rotatable bonds is 5. The Morgan fingerprint density at radius 3 is 2.75 bits per heavy atom. The maximum atomic E-state index is 4.99. The minimum absolute atomic E-state index is 0.524. The molecular formula is C16H27N3S. The number of thiazole rings is 1. The number of hydrogen-bond donors (Lipinski definition) is 1. The van der Waals surface area contributed by atoms with Gasteiger partial charge in [-0.25, -0.2) is 4.98 Å². The molecule has 1 aliphatic heterocycles. The maximum absolute atomic E-state index is 4.99. The predicted molar refractivity (Wildman–Crippen MR) is 86.7 cm³/mol. The molecule has 0 spiro atoms. The molecule has 0 radical (unpaired) electrons. The van der Waals surface area contributed by atoms with E-state index >= 15 is 0 Å². The molecule has 3 rings (SSSR count). The van der Waals surface area contributed by atoms with Gasteiger partial charge in [-0.05, 0) is 44.9 Å². The summed E-state index contributed by atoms with van der Waals surface area (Å²) in [7, 11) is 0. The molecule has 3 nitrogen and oxygen atoms in total. The van der Waals surface area contributed by atoms with E-state index in [2.05, 4.69) is 31.0 Å². The van der Waals surface area contributed by atoms with Crippen molar-refractivity contribution in [2.75, 3.05) is 11.4 Å². The van der Waals surface area contributed by atoms with Crippen LogP contribution < -0.4 is 10.2 Å². The highest BCUT2D eigenvalue weighted by Gasteiger charge is 2.25. The van der Waals surface area contributed by atoms with E-state index in [1.807, 2.05) is 11.3 Å². The lowest BCUT2D eigenvalue weighted by Gasteiger charge is -2.33. The standard InChI is InChI=1S/C16H27N3S/c1-11(2)15-14(10-17-13-7-8-13)20-16(18-15)19-9-5-4-6-12(19)3/h11-13,17H,4-10H2,1-3H3. The maximum Gasteiger partial charge on any atom is 0.186 e. The molecule has 1 saturated heterocycles. The fourth-order valence-corrected chi connectivity index (χ4v) is 4.25. The summed E-state index contributed by atoms with van der Waals surface area (Å²) in [6, 6.07) is 1.42. The van der Waals surface area contributed by atoms with Crippen LogP contribution in [-0.2, 0) is 6.54 Å². The Labute approximate surface area is 126 Å². The molecule has 112 valence electrons. The summed E-state index contributed by atoms with van der Waals surface area (Å²) < 4.78 is 0. The van der Waals surface area contributed by atoms with Crippen molar-refractivity contribution in [2.45, 2.75) is 77.4 Å². The Hall–Kier alpha value is -0.610. The van der Waals surface area contributed by atoms with Crippen LogP contribution in [0.5, 0.6) is 0 Å². The third-order valence-corrected chi connectivity index (χ3v) is 5.55. The fourth-order valence-electron chi connectivity index (χ4n) is 2.96. The minimum Gasteiger partial charge on any atom is -0.345 e. The monoisotopic (exact) mass is 293 g/mol. The molecule has 0 bridgehead atoms. The molecule has 1 aromatic heterocycles. The van der Waals surface area contributed by atoms with Crippen molar-refractivity contribution >= 4 is 16.5 Å². The number of nitrogens with zero attached hydrogens (tertiary/aromatic N) is 2. The molecule has 4 heteroatoms. The molecule has 2 aliphatic rings. The number of aromatic nitrogens is 1. The number of nitrogens with one attached hydrogen (secondary N) is 1. The van der Waals surface area contributed by atoms with E-state index in [0.29, 0.717) is 12.0 Å². The average molecular weight is 293 g/mol. The van der Waals surface area contributed by atoms with Gasteiger partial charge in [-0.2, -0.15) is 0 Å². The van der Waals surface area contributed by atoms with Gasteiger partial charge < -0.3 is 10.2 Å². The summed E-state index contributed by atoms with van der Waals surface area (Å²) in [5.74, 6) is 0.524. The molecule has 0 amide bonds. The van der Waals surface area contributed by atoms with Gasteiger partial charge in [0.2, 0.25) is 0 Å². The van der Waals surface area contributed by atoms with E-state index in [4.69, 9.17) is 4.98 Å². The van der Waals surface area contributed by atoms with Gasteiger partial charge in [-0.3, -0.25) is 0 Å². The first-order chi connectivity index (χ1) is 9.65. The van der Waals surface area contributed by atoms with Crippen molar-refractivity contribution in [3.63, 3.8) is 0 Å². The van der Waals surface area contributed by atoms with Crippen molar-refractivity contribution < 1.29 is 0 Å². The molecule has 1 N–H and O–H groups in total. The van der Waals surface area contributed by atoms with Crippen LogP contribution in [0.2, 0.25) is 0 Å². The van der Waals surface area contributed by atoms with Crippen LogP contribution in [0, 0.1) is 0 Å². The van der Waals surface area contributed by atoms with E-state index < -0.39 is 0 Å². The Morgan fingerprint density at radius 1 is 1.30 bits per heavy atom. The van der Waals surface area contributed by atoms with Crippen LogP contribution in [0.4, 0.5) is 5.13 Å². The predicted octanol–water partition coefficient (Wildman–Crippen LogP) is 3.90. The van der Waals surface area contributed by atoms with Crippen LogP contribution in [-0.4, -0.2) is 23.6 Å². The van der Waals surface area contributed by atoms with Gasteiger partial charge in [0.1, 0.15) is 0 Å². The zero-order chi connectivity index (χ0) is 14.1. The first-order valence-corrected chi connectivity index (χ1v) is 8.96. The Kier molecular flexibility index (Phi) is 4.32. The Morgan fingerprint density at radius 2 is 2.10 bits per heavy atom. The van der Waals surface area contributed by atoms with Gasteiger partial charge in [0.25, 0.3) is 0 Å². The summed E-state index contributed by atoms with van der Waals surface area (Å²) in [4.78, 5) is 8.97. The van der Waals surface area contributed by atoms with Gasteiger partial charge >= 0.3 is 0 Å². The molecular weight excluding hydrogens is 266 g/mol. The Balaban J connectivity index is 1.77. The van der Waals surface area contributed by atoms with Crippen LogP contribution in [0.3, 0.4) is 0 Å². The van der Waals surface area contributed by atoms with Crippen LogP contribution in [0.1, 0.15) is 69.4 Å². The topological polar surface area (TPSA) is 28.2 Å². The second kappa shape index (κ2) is 6.02. The first kappa shape index (κ1) is 14.3. The molecule has 20 heavy (non-hydrogen) atoms. The van der Waals surface area contributed by atoms with E-state index in [1.54, 1.807) is 0 Å². The van der Waals surface area contributed by atoms with Crippen molar-refractivity contribution in [3.05, 3.63) is 10.6 Å². The van der Waals surface area contributed by atoms with E-state index in [0.717, 1.165) is 12.6 Å². The summed E-state index contributed by atoms with van der Waals surface area (Å²) in [6.07, 6.45) is 6.71. The lowest BCUT2D eigenvalue weighted by molar-refractivity contribution is 0.483. The average Bonchev–Trinajstić information content (AvgIpc) is 3.15. The van der Waals surface area contributed by atoms with Crippen LogP contribution in [0.15, 0.2) is 0 Å². The minimum atomic E-state index is 0.524. The zero-order valence-corrected chi connectivity index (χ0v) is 13.8. The first-order valence-electron chi connectivity index (χ1n) is 8.14. The van der Waals surface area contributed by atoms with Gasteiger partial charge in [0, 0.05) is 30.1 Å². The second-order valence-electron chi connectivity index (χ2n) is 6.65. The van der Waals surface area contributed by atoms with Gasteiger partial charge in [-0.15, -0.1) is 11.3 Å². The highest BCUT2D eigenvalue weighted by Crippen LogP contribution is 2.34. The van der Waals surface area contributed by atoms with Gasteiger partial charge in [0.15, 0.2) is 5.13 Å². The highest BCUT2D eigenvalue weighted by molar-refractivity contribution is 7.15. The normalized spacial score (nSPS) is 23.6. The van der Waals surface area contributed by atoms with Gasteiger partial charge in [-0.1, -0.05) is 13.8 Å². The van der Waals surface area contributed by atoms with Gasteiger partial charge in [0.05, 0.1) is 5.69 Å².